The smallest absolute Gasteiger partial charge is 0.330 e. The Bertz CT molecular complexity index is 1500. The zero-order chi connectivity index (χ0) is 42.1. The number of carbonyl (C=O) groups excluding carboxylic acids is 3. The molecule has 4 bridgehead atoms. The summed E-state index contributed by atoms with van der Waals surface area (Å²) in [6.45, 7) is 5.59. The number of rotatable bonds is 13. The Balaban J connectivity index is 1.63. The Morgan fingerprint density at radius 3 is 2.41 bits per heavy atom. The number of aliphatic hydroxyl groups excluding tert-OH is 2. The number of halogens is 1. The summed E-state index contributed by atoms with van der Waals surface area (Å²) in [7, 11) is 1.22. The number of ether oxygens (including phenoxy) is 7. The first-order valence-electron chi connectivity index (χ1n) is 20.9. The van der Waals surface area contributed by atoms with Crippen LogP contribution in [0.2, 0.25) is 0 Å². The lowest BCUT2D eigenvalue weighted by Gasteiger charge is -2.51. The predicted molar refractivity (Wildman–Crippen MR) is 218 cm³/mol. The number of fused-ring (bicyclic) bond motifs is 4. The number of hydrogen-bond donors (Lipinski definition) is 3. The van der Waals surface area contributed by atoms with Crippen LogP contribution in [0.5, 0.6) is 0 Å². The minimum Gasteiger partial charge on any atom is -0.466 e. The van der Waals surface area contributed by atoms with E-state index in [9.17, 15) is 29.7 Å². The van der Waals surface area contributed by atoms with E-state index >= 15 is 0 Å². The van der Waals surface area contributed by atoms with Crippen LogP contribution in [0.3, 0.4) is 0 Å². The summed E-state index contributed by atoms with van der Waals surface area (Å²) in [5.74, 6) is -4.28. The number of aliphatic hydroxyl groups is 3. The molecule has 8 atom stereocenters. The average molecular weight is 882 g/mol. The van der Waals surface area contributed by atoms with Gasteiger partial charge in [-0.25, -0.2) is 4.79 Å². The fraction of sp³-hybridized carbons (Fsp3) is 0.705. The fourth-order valence-corrected chi connectivity index (χ4v) is 7.85. The van der Waals surface area contributed by atoms with Gasteiger partial charge in [0.15, 0.2) is 12.4 Å². The number of cyclic esters (lactones) is 1. The second-order valence-electron chi connectivity index (χ2n) is 16.2. The van der Waals surface area contributed by atoms with Crippen molar-refractivity contribution in [3.05, 3.63) is 58.1 Å². The minimum atomic E-state index is -2.27. The Kier molecular flexibility index (Phi) is 19.8. The normalized spacial score (nSPS) is 31.1. The van der Waals surface area contributed by atoms with Gasteiger partial charge in [-0.15, -0.1) is 0 Å². The summed E-state index contributed by atoms with van der Waals surface area (Å²) < 4.78 is 42.8. The van der Waals surface area contributed by atoms with Crippen molar-refractivity contribution < 1.29 is 62.9 Å². The second-order valence-corrected chi connectivity index (χ2v) is 17.1. The third-order valence-corrected chi connectivity index (χ3v) is 11.6. The van der Waals surface area contributed by atoms with Crippen molar-refractivity contribution in [2.24, 2.45) is 5.41 Å². The summed E-state index contributed by atoms with van der Waals surface area (Å²) in [6.07, 6.45) is 6.99. The van der Waals surface area contributed by atoms with Crippen molar-refractivity contribution in [2.75, 3.05) is 26.9 Å². The van der Waals surface area contributed by atoms with E-state index in [-0.39, 0.29) is 56.5 Å². The molecule has 3 heterocycles. The molecule has 14 heteroatoms. The van der Waals surface area contributed by atoms with E-state index in [4.69, 9.17) is 33.2 Å². The molecular formula is C44H65BrO13. The summed E-state index contributed by atoms with van der Waals surface area (Å²) in [5, 5.41) is 33.8. The third kappa shape index (κ3) is 15.1. The first-order chi connectivity index (χ1) is 27.7. The lowest BCUT2D eigenvalue weighted by Crippen LogP contribution is -2.62. The maximum atomic E-state index is 13.4. The Hall–Kier alpha value is -2.69. The van der Waals surface area contributed by atoms with Crippen molar-refractivity contribution >= 4 is 33.8 Å². The van der Waals surface area contributed by atoms with Crippen LogP contribution >= 0.6 is 15.9 Å². The highest BCUT2D eigenvalue weighted by Gasteiger charge is 2.57. The minimum absolute atomic E-state index is 0.0134. The van der Waals surface area contributed by atoms with Crippen molar-refractivity contribution in [2.45, 2.75) is 166 Å². The van der Waals surface area contributed by atoms with Gasteiger partial charge in [-0.05, 0) is 80.7 Å². The first kappa shape index (κ1) is 48.0. The maximum absolute atomic E-state index is 13.4. The van der Waals surface area contributed by atoms with Gasteiger partial charge in [-0.2, -0.15) is 0 Å². The molecule has 2 fully saturated rings. The molecule has 3 N–H and O–H groups in total. The van der Waals surface area contributed by atoms with Crippen LogP contribution in [-0.4, -0.2) is 109 Å². The summed E-state index contributed by atoms with van der Waals surface area (Å²) >= 11 is 3.49. The van der Waals surface area contributed by atoms with E-state index in [0.717, 1.165) is 49.4 Å². The number of unbranched alkanes of at least 4 members (excludes halogenated alkanes) is 4. The average Bonchev–Trinajstić information content (AvgIpc) is 3.18. The van der Waals surface area contributed by atoms with E-state index < -0.39 is 66.4 Å². The van der Waals surface area contributed by atoms with Crippen LogP contribution < -0.4 is 0 Å². The molecule has 1 aromatic carbocycles. The van der Waals surface area contributed by atoms with Gasteiger partial charge < -0.3 is 48.5 Å². The van der Waals surface area contributed by atoms with Crippen molar-refractivity contribution in [3.8, 4) is 0 Å². The molecule has 13 nitrogen and oxygen atoms in total. The van der Waals surface area contributed by atoms with Gasteiger partial charge >= 0.3 is 17.9 Å². The molecule has 0 aromatic heterocycles. The number of carbonyl (C=O) groups is 3. The van der Waals surface area contributed by atoms with Gasteiger partial charge in [0.2, 0.25) is 5.79 Å². The van der Waals surface area contributed by atoms with E-state index in [1.54, 1.807) is 26.0 Å². The van der Waals surface area contributed by atoms with Gasteiger partial charge in [0, 0.05) is 35.4 Å². The molecule has 1 aromatic rings. The molecule has 58 heavy (non-hydrogen) atoms. The maximum Gasteiger partial charge on any atom is 0.330 e. The number of esters is 3. The molecule has 2 saturated heterocycles. The van der Waals surface area contributed by atoms with Gasteiger partial charge in [0.25, 0.3) is 0 Å². The van der Waals surface area contributed by atoms with Crippen LogP contribution in [-0.2, 0) is 54.0 Å². The molecule has 0 unspecified atom stereocenters. The van der Waals surface area contributed by atoms with Crippen molar-refractivity contribution in [1.82, 2.24) is 0 Å². The third-order valence-electron chi connectivity index (χ3n) is 11.0. The highest BCUT2D eigenvalue weighted by atomic mass is 79.9. The topological polar surface area (TPSA) is 177 Å². The number of benzene rings is 1. The van der Waals surface area contributed by atoms with E-state index in [1.807, 2.05) is 12.1 Å². The molecule has 0 aliphatic carbocycles. The quantitative estimate of drug-likeness (QED) is 0.0639. The summed E-state index contributed by atoms with van der Waals surface area (Å²) in [6, 6.07) is 8.21. The lowest BCUT2D eigenvalue weighted by atomic mass is 9.74. The van der Waals surface area contributed by atoms with Gasteiger partial charge in [0.1, 0.15) is 6.10 Å². The van der Waals surface area contributed by atoms with E-state index in [1.165, 1.54) is 18.7 Å². The summed E-state index contributed by atoms with van der Waals surface area (Å²) in [5.41, 5.74) is 0.132. The highest BCUT2D eigenvalue weighted by Crippen LogP contribution is 2.47. The van der Waals surface area contributed by atoms with Gasteiger partial charge in [-0.1, -0.05) is 80.6 Å². The molecule has 0 saturated carbocycles. The van der Waals surface area contributed by atoms with E-state index in [2.05, 4.69) is 35.0 Å². The molecule has 3 aliphatic heterocycles. The van der Waals surface area contributed by atoms with Crippen LogP contribution in [0.1, 0.15) is 116 Å². The SMILES string of the molecule is CCCCCCCC(=O)O[C@H]1/C(=C/C(=O)OC)C[C@H]2C[C@H](CO)OC(=O)C[C@H](O)CCO[C@H](CCCc3ccc(Br)cc3)C[C@@H]3CCO[C@H](/C=C/C(C)(C)[C@]1(O)O2)O3. The molecule has 4 rings (SSSR count). The zero-order valence-corrected chi connectivity index (χ0v) is 36.2. The molecule has 0 amide bonds. The van der Waals surface area contributed by atoms with Crippen molar-refractivity contribution in [3.63, 3.8) is 0 Å². The molecule has 3 aliphatic rings. The molecule has 326 valence electrons. The Labute approximate surface area is 351 Å². The standard InChI is InChI=1S/C44H65BrO13/c1-5-6-7-8-9-13-38(48)57-42-31(25-39(49)52-4)24-36-28-37(29-46)55-40(50)26-33(47)19-22-53-34(12-10-11-30-14-16-32(45)17-15-30)27-35-20-23-54-41(56-35)18-21-43(2,3)44(42,51)58-36/h14-18,21,25,33-37,41-42,46-47,51H,5-13,19-20,22-24,26-29H2,1-4H3/b21-18+,31-25+/t33-,34-,35+,36+,37-,41+,42+,44-/m1/s1. The first-order valence-corrected chi connectivity index (χ1v) is 21.7. The Morgan fingerprint density at radius 1 is 0.966 bits per heavy atom. The largest absolute Gasteiger partial charge is 0.466 e. The van der Waals surface area contributed by atoms with Gasteiger partial charge in [0.05, 0.1) is 51.2 Å². The fourth-order valence-electron chi connectivity index (χ4n) is 7.59. The Morgan fingerprint density at radius 2 is 1.69 bits per heavy atom. The lowest BCUT2D eigenvalue weighted by molar-refractivity contribution is -0.327. The van der Waals surface area contributed by atoms with Crippen LogP contribution in [0.25, 0.3) is 0 Å². The van der Waals surface area contributed by atoms with Crippen LogP contribution in [0, 0.1) is 5.41 Å². The molecule has 0 radical (unpaired) electrons. The zero-order valence-electron chi connectivity index (χ0n) is 34.6. The van der Waals surface area contributed by atoms with Crippen LogP contribution in [0.15, 0.2) is 52.5 Å². The van der Waals surface area contributed by atoms with Crippen molar-refractivity contribution in [1.29, 1.82) is 0 Å². The number of methoxy groups -OCH3 is 1. The highest BCUT2D eigenvalue weighted by molar-refractivity contribution is 9.10. The number of aryl methyl sites for hydroxylation is 1. The van der Waals surface area contributed by atoms with Crippen LogP contribution in [0.4, 0.5) is 0 Å². The molecule has 0 spiro atoms. The number of hydrogen-bond acceptors (Lipinski definition) is 13. The molecular weight excluding hydrogens is 816 g/mol. The van der Waals surface area contributed by atoms with Gasteiger partial charge in [-0.3, -0.25) is 9.59 Å². The predicted octanol–water partition coefficient (Wildman–Crippen LogP) is 6.56. The monoisotopic (exact) mass is 880 g/mol. The summed E-state index contributed by atoms with van der Waals surface area (Å²) in [4.78, 5) is 39.1. The van der Waals surface area contributed by atoms with E-state index in [0.29, 0.717) is 25.9 Å². The second kappa shape index (κ2) is 23.9.